The first-order valence-corrected chi connectivity index (χ1v) is 10.4. The quantitative estimate of drug-likeness (QED) is 0.387. The first-order valence-electron chi connectivity index (χ1n) is 10.4. The van der Waals surface area contributed by atoms with Gasteiger partial charge in [0.2, 0.25) is 5.95 Å². The van der Waals surface area contributed by atoms with E-state index in [1.54, 1.807) is 36.4 Å². The zero-order chi connectivity index (χ0) is 23.3. The van der Waals surface area contributed by atoms with Crippen LogP contribution >= 0.6 is 0 Å². The Hall–Kier alpha value is -3.29. The summed E-state index contributed by atoms with van der Waals surface area (Å²) in [7, 11) is 0. The summed E-state index contributed by atoms with van der Waals surface area (Å²) in [6.07, 6.45) is -3.81. The maximum absolute atomic E-state index is 13.5. The van der Waals surface area contributed by atoms with E-state index in [4.69, 9.17) is 4.74 Å². The molecule has 0 aliphatic rings. The Bertz CT molecular complexity index is 1030. The van der Waals surface area contributed by atoms with Gasteiger partial charge in [0.1, 0.15) is 17.1 Å². The molecule has 1 aromatic heterocycles. The fourth-order valence-electron chi connectivity index (χ4n) is 2.88. The molecule has 3 aromatic rings. The van der Waals surface area contributed by atoms with Crippen LogP contribution in [-0.2, 0) is 6.18 Å². The second-order valence-corrected chi connectivity index (χ2v) is 8.21. The molecule has 0 saturated heterocycles. The van der Waals surface area contributed by atoms with Gasteiger partial charge in [0, 0.05) is 17.6 Å². The van der Waals surface area contributed by atoms with Crippen LogP contribution in [0.15, 0.2) is 54.7 Å². The molecule has 0 spiro atoms. The number of rotatable bonds is 8. The van der Waals surface area contributed by atoms with Crippen molar-refractivity contribution in [1.29, 1.82) is 0 Å². The fraction of sp³-hybridized carbons (Fsp3) is 0.333. The molecule has 0 unspecified atom stereocenters. The number of benzene rings is 2. The molecule has 0 amide bonds. The van der Waals surface area contributed by atoms with Crippen LogP contribution in [0.1, 0.15) is 44.7 Å². The van der Waals surface area contributed by atoms with Crippen molar-refractivity contribution >= 4 is 23.1 Å². The average Bonchev–Trinajstić information content (AvgIpc) is 2.72. The van der Waals surface area contributed by atoms with Crippen LogP contribution in [-0.4, -0.2) is 16.6 Å². The number of aromatic nitrogens is 2. The molecule has 0 aliphatic carbocycles. The highest BCUT2D eigenvalue weighted by molar-refractivity contribution is 5.63. The molecule has 0 aliphatic heterocycles. The second-order valence-electron chi connectivity index (χ2n) is 8.21. The highest BCUT2D eigenvalue weighted by Crippen LogP contribution is 2.35. The number of nitrogens with zero attached hydrogens (tertiary/aromatic N) is 2. The summed E-state index contributed by atoms with van der Waals surface area (Å²) in [5.74, 6) is 1.10. The number of ether oxygens (including phenoxy) is 1. The van der Waals surface area contributed by atoms with E-state index in [2.05, 4.69) is 34.4 Å². The highest BCUT2D eigenvalue weighted by Gasteiger charge is 2.35. The molecular formula is C24H27F3N4O. The Labute approximate surface area is 186 Å². The smallest absolute Gasteiger partial charge is 0.421 e. The van der Waals surface area contributed by atoms with Crippen LogP contribution in [0.2, 0.25) is 0 Å². The van der Waals surface area contributed by atoms with Gasteiger partial charge < -0.3 is 15.4 Å². The predicted molar refractivity (Wildman–Crippen MR) is 121 cm³/mol. The molecule has 32 heavy (non-hydrogen) atoms. The minimum Gasteiger partial charge on any atom is -0.493 e. The number of hydrogen-bond donors (Lipinski definition) is 2. The zero-order valence-corrected chi connectivity index (χ0v) is 18.5. The topological polar surface area (TPSA) is 59.1 Å². The summed E-state index contributed by atoms with van der Waals surface area (Å²) in [4.78, 5) is 7.96. The van der Waals surface area contributed by atoms with Crippen molar-refractivity contribution < 1.29 is 17.9 Å². The minimum atomic E-state index is -4.59. The summed E-state index contributed by atoms with van der Waals surface area (Å²) < 4.78 is 46.3. The lowest BCUT2D eigenvalue weighted by molar-refractivity contribution is -0.137. The summed E-state index contributed by atoms with van der Waals surface area (Å²) in [5.41, 5.74) is 1.23. The lowest BCUT2D eigenvalue weighted by Gasteiger charge is -2.16. The van der Waals surface area contributed by atoms with Crippen LogP contribution in [0.5, 0.6) is 5.75 Å². The molecular weight excluding hydrogens is 417 g/mol. The normalized spacial score (nSPS) is 11.7. The van der Waals surface area contributed by atoms with Crippen LogP contribution in [0.25, 0.3) is 0 Å². The van der Waals surface area contributed by atoms with Crippen LogP contribution in [0.4, 0.5) is 36.3 Å². The van der Waals surface area contributed by atoms with Crippen LogP contribution in [0, 0.1) is 5.92 Å². The number of anilines is 4. The van der Waals surface area contributed by atoms with E-state index < -0.39 is 11.7 Å². The number of alkyl halides is 3. The molecule has 0 atom stereocenters. The summed E-state index contributed by atoms with van der Waals surface area (Å²) in [6, 6.07) is 14.3. The lowest BCUT2D eigenvalue weighted by Crippen LogP contribution is -2.12. The standard InChI is InChI=1S/C24H27F3N4O/c1-15(2)14-32-20-10-8-18(9-11-20)30-23-28-13-21(24(25,26)27)22(31-23)29-19-7-5-6-17(12-19)16(3)4/h5-13,15-16H,14H2,1-4H3,(H2,28,29,30,31). The van der Waals surface area contributed by atoms with Gasteiger partial charge in [0.15, 0.2) is 0 Å². The highest BCUT2D eigenvalue weighted by atomic mass is 19.4. The van der Waals surface area contributed by atoms with E-state index in [0.717, 1.165) is 11.8 Å². The molecule has 5 nitrogen and oxygen atoms in total. The van der Waals surface area contributed by atoms with Gasteiger partial charge in [0.05, 0.1) is 6.61 Å². The monoisotopic (exact) mass is 444 g/mol. The SMILES string of the molecule is CC(C)COc1ccc(Nc2ncc(C(F)(F)F)c(Nc3cccc(C(C)C)c3)n2)cc1. The van der Waals surface area contributed by atoms with Gasteiger partial charge in [-0.25, -0.2) is 4.98 Å². The van der Waals surface area contributed by atoms with E-state index >= 15 is 0 Å². The Morgan fingerprint density at radius 3 is 2.28 bits per heavy atom. The average molecular weight is 445 g/mol. The van der Waals surface area contributed by atoms with Crippen molar-refractivity contribution in [2.45, 2.75) is 39.8 Å². The fourth-order valence-corrected chi connectivity index (χ4v) is 2.88. The predicted octanol–water partition coefficient (Wildman–Crippen LogP) is 7.14. The van der Waals surface area contributed by atoms with E-state index in [1.165, 1.54) is 0 Å². The Balaban J connectivity index is 1.83. The molecule has 0 bridgehead atoms. The Kier molecular flexibility index (Phi) is 7.22. The van der Waals surface area contributed by atoms with E-state index in [0.29, 0.717) is 29.6 Å². The molecule has 8 heteroatoms. The third kappa shape index (κ3) is 6.35. The van der Waals surface area contributed by atoms with E-state index in [1.807, 2.05) is 26.0 Å². The van der Waals surface area contributed by atoms with Gasteiger partial charge in [0.25, 0.3) is 0 Å². The van der Waals surface area contributed by atoms with E-state index in [9.17, 15) is 13.2 Å². The van der Waals surface area contributed by atoms with Gasteiger partial charge in [-0.15, -0.1) is 0 Å². The summed E-state index contributed by atoms with van der Waals surface area (Å²) in [6.45, 7) is 8.76. The van der Waals surface area contributed by atoms with Crippen molar-refractivity contribution in [3.63, 3.8) is 0 Å². The summed E-state index contributed by atoms with van der Waals surface area (Å²) in [5, 5.41) is 5.75. The zero-order valence-electron chi connectivity index (χ0n) is 18.5. The molecule has 170 valence electrons. The van der Waals surface area contributed by atoms with E-state index in [-0.39, 0.29) is 17.7 Å². The third-order valence-electron chi connectivity index (χ3n) is 4.60. The van der Waals surface area contributed by atoms with Gasteiger partial charge in [-0.2, -0.15) is 18.2 Å². The maximum atomic E-state index is 13.5. The number of hydrogen-bond acceptors (Lipinski definition) is 5. The molecule has 2 aromatic carbocycles. The molecule has 0 radical (unpaired) electrons. The minimum absolute atomic E-state index is 0.0522. The van der Waals surface area contributed by atoms with Gasteiger partial charge in [-0.05, 0) is 53.8 Å². The maximum Gasteiger partial charge on any atom is 0.421 e. The summed E-state index contributed by atoms with van der Waals surface area (Å²) >= 11 is 0. The molecule has 0 saturated carbocycles. The first kappa shape index (κ1) is 23.4. The van der Waals surface area contributed by atoms with Crippen molar-refractivity contribution in [2.24, 2.45) is 5.92 Å². The van der Waals surface area contributed by atoms with Crippen molar-refractivity contribution in [1.82, 2.24) is 9.97 Å². The molecule has 2 N–H and O–H groups in total. The number of halogens is 3. The molecule has 3 rings (SSSR count). The van der Waals surface area contributed by atoms with Crippen LogP contribution < -0.4 is 15.4 Å². The first-order chi connectivity index (χ1) is 15.1. The Morgan fingerprint density at radius 2 is 1.66 bits per heavy atom. The molecule has 0 fully saturated rings. The third-order valence-corrected chi connectivity index (χ3v) is 4.60. The largest absolute Gasteiger partial charge is 0.493 e. The van der Waals surface area contributed by atoms with Gasteiger partial charge >= 0.3 is 6.18 Å². The lowest BCUT2D eigenvalue weighted by atomic mass is 10.0. The van der Waals surface area contributed by atoms with Crippen molar-refractivity contribution in [3.05, 3.63) is 65.9 Å². The van der Waals surface area contributed by atoms with Crippen molar-refractivity contribution in [2.75, 3.05) is 17.2 Å². The second kappa shape index (κ2) is 9.89. The van der Waals surface area contributed by atoms with Crippen molar-refractivity contribution in [3.8, 4) is 5.75 Å². The van der Waals surface area contributed by atoms with Gasteiger partial charge in [-0.3, -0.25) is 0 Å². The van der Waals surface area contributed by atoms with Gasteiger partial charge in [-0.1, -0.05) is 39.8 Å². The Morgan fingerprint density at radius 1 is 0.938 bits per heavy atom. The van der Waals surface area contributed by atoms with Crippen LogP contribution in [0.3, 0.4) is 0 Å². The molecule has 1 heterocycles. The number of nitrogens with one attached hydrogen (secondary N) is 2.